The highest BCUT2D eigenvalue weighted by Gasteiger charge is 2.16. The summed E-state index contributed by atoms with van der Waals surface area (Å²) in [6.45, 7) is 4.15. The Hall–Kier alpha value is -4.01. The van der Waals surface area contributed by atoms with Crippen molar-refractivity contribution >= 4 is 29.2 Å². The number of nitrogens with one attached hydrogen (secondary N) is 2. The molecule has 0 aliphatic heterocycles. The van der Waals surface area contributed by atoms with Crippen LogP contribution in [0, 0.1) is 0 Å². The third kappa shape index (κ3) is 6.77. The van der Waals surface area contributed by atoms with Crippen molar-refractivity contribution in [1.29, 1.82) is 0 Å². The first kappa shape index (κ1) is 23.3. The molecule has 0 atom stereocenters. The molecule has 0 saturated heterocycles. The molecule has 0 aromatic heterocycles. The molecule has 2 amide bonds. The zero-order valence-corrected chi connectivity index (χ0v) is 17.4. The van der Waals surface area contributed by atoms with Crippen LogP contribution in [0.5, 0.6) is 17.2 Å². The van der Waals surface area contributed by atoms with E-state index in [2.05, 4.69) is 10.6 Å². The second-order valence-electron chi connectivity index (χ2n) is 6.05. The van der Waals surface area contributed by atoms with Gasteiger partial charge in [-0.1, -0.05) is 0 Å². The molecular formula is C22H24N2O7. The highest BCUT2D eigenvalue weighted by Crippen LogP contribution is 2.37. The van der Waals surface area contributed by atoms with Gasteiger partial charge in [0.1, 0.15) is 17.2 Å². The SMILES string of the molecule is CCOc1cc(NC(=O)c2ccc(OC)cc2)c(OCC)cc1NC(=O)/C=C/C(=O)O. The Morgan fingerprint density at radius 2 is 1.45 bits per heavy atom. The average molecular weight is 428 g/mol. The molecule has 0 aliphatic carbocycles. The van der Waals surface area contributed by atoms with Crippen molar-refractivity contribution in [3.05, 3.63) is 54.1 Å². The number of rotatable bonds is 10. The smallest absolute Gasteiger partial charge is 0.328 e. The predicted octanol–water partition coefficient (Wildman–Crippen LogP) is 3.32. The van der Waals surface area contributed by atoms with Crippen LogP contribution < -0.4 is 24.8 Å². The van der Waals surface area contributed by atoms with Gasteiger partial charge >= 0.3 is 5.97 Å². The van der Waals surface area contributed by atoms with Gasteiger partial charge in [-0.05, 0) is 38.1 Å². The topological polar surface area (TPSA) is 123 Å². The van der Waals surface area contributed by atoms with E-state index in [0.717, 1.165) is 12.2 Å². The van der Waals surface area contributed by atoms with Crippen LogP contribution in [-0.2, 0) is 9.59 Å². The van der Waals surface area contributed by atoms with E-state index >= 15 is 0 Å². The fraction of sp³-hybridized carbons (Fsp3) is 0.227. The molecule has 0 radical (unpaired) electrons. The number of carbonyl (C=O) groups is 3. The summed E-state index contributed by atoms with van der Waals surface area (Å²) in [6, 6.07) is 9.64. The third-order valence-electron chi connectivity index (χ3n) is 3.92. The van der Waals surface area contributed by atoms with Gasteiger partial charge in [0.25, 0.3) is 5.91 Å². The van der Waals surface area contributed by atoms with Crippen LogP contribution in [0.4, 0.5) is 11.4 Å². The minimum atomic E-state index is -1.24. The van der Waals surface area contributed by atoms with Crippen molar-refractivity contribution in [2.24, 2.45) is 0 Å². The van der Waals surface area contributed by atoms with Crippen molar-refractivity contribution in [3.63, 3.8) is 0 Å². The van der Waals surface area contributed by atoms with E-state index in [1.807, 2.05) is 0 Å². The number of carbonyl (C=O) groups excluding carboxylic acids is 2. The van der Waals surface area contributed by atoms with Gasteiger partial charge < -0.3 is 30.0 Å². The number of hydrogen-bond acceptors (Lipinski definition) is 6. The second kappa shape index (κ2) is 11.2. The standard InChI is InChI=1S/C22H24N2O7/c1-4-30-18-13-17(24-22(28)14-6-8-15(29-3)9-7-14)19(31-5-2)12-16(18)23-20(25)10-11-21(26)27/h6-13H,4-5H2,1-3H3,(H,23,25)(H,24,28)(H,26,27)/b11-10+. The number of ether oxygens (including phenoxy) is 3. The quantitative estimate of drug-likeness (QED) is 0.496. The molecule has 0 aliphatic rings. The number of benzene rings is 2. The fourth-order valence-corrected chi connectivity index (χ4v) is 2.56. The summed E-state index contributed by atoms with van der Waals surface area (Å²) in [4.78, 5) is 35.3. The first-order valence-electron chi connectivity index (χ1n) is 9.48. The van der Waals surface area contributed by atoms with E-state index in [9.17, 15) is 14.4 Å². The maximum atomic E-state index is 12.7. The molecule has 9 nitrogen and oxygen atoms in total. The monoisotopic (exact) mass is 428 g/mol. The number of hydrogen-bond donors (Lipinski definition) is 3. The summed E-state index contributed by atoms with van der Waals surface area (Å²) in [5, 5.41) is 14.0. The van der Waals surface area contributed by atoms with Gasteiger partial charge in [-0.3, -0.25) is 9.59 Å². The van der Waals surface area contributed by atoms with Gasteiger partial charge in [-0.25, -0.2) is 4.79 Å². The van der Waals surface area contributed by atoms with Gasteiger partial charge in [0, 0.05) is 29.8 Å². The molecule has 0 unspecified atom stereocenters. The Morgan fingerprint density at radius 3 is 1.94 bits per heavy atom. The second-order valence-corrected chi connectivity index (χ2v) is 6.05. The Bertz CT molecular complexity index is 969. The molecule has 0 fully saturated rings. The van der Waals surface area contributed by atoms with Crippen LogP contribution in [0.25, 0.3) is 0 Å². The number of anilines is 2. The first-order chi connectivity index (χ1) is 14.9. The number of amides is 2. The number of aliphatic carboxylic acids is 1. The van der Waals surface area contributed by atoms with Gasteiger partial charge in [-0.15, -0.1) is 0 Å². The fourth-order valence-electron chi connectivity index (χ4n) is 2.56. The summed E-state index contributed by atoms with van der Waals surface area (Å²) in [6.07, 6.45) is 1.61. The lowest BCUT2D eigenvalue weighted by Gasteiger charge is -2.17. The van der Waals surface area contributed by atoms with Gasteiger partial charge in [-0.2, -0.15) is 0 Å². The van der Waals surface area contributed by atoms with E-state index < -0.39 is 11.9 Å². The van der Waals surface area contributed by atoms with E-state index in [-0.39, 0.29) is 17.3 Å². The van der Waals surface area contributed by atoms with E-state index in [1.165, 1.54) is 19.2 Å². The van der Waals surface area contributed by atoms with E-state index in [1.54, 1.807) is 38.1 Å². The van der Waals surface area contributed by atoms with Gasteiger partial charge in [0.15, 0.2) is 0 Å². The van der Waals surface area contributed by atoms with Crippen molar-refractivity contribution < 1.29 is 33.7 Å². The molecule has 31 heavy (non-hydrogen) atoms. The highest BCUT2D eigenvalue weighted by atomic mass is 16.5. The summed E-state index contributed by atoms with van der Waals surface area (Å²) in [5.41, 5.74) is 1.04. The Labute approximate surface area is 179 Å². The Morgan fingerprint density at radius 1 is 0.903 bits per heavy atom. The molecule has 2 aromatic carbocycles. The summed E-state index contributed by atoms with van der Waals surface area (Å²) >= 11 is 0. The van der Waals surface area contributed by atoms with Gasteiger partial charge in [0.05, 0.1) is 31.7 Å². The van der Waals surface area contributed by atoms with Crippen molar-refractivity contribution in [2.75, 3.05) is 31.0 Å². The van der Waals surface area contributed by atoms with Crippen molar-refractivity contribution in [1.82, 2.24) is 0 Å². The number of carboxylic acid groups (broad SMARTS) is 1. The zero-order chi connectivity index (χ0) is 22.8. The summed E-state index contributed by atoms with van der Waals surface area (Å²) in [5.74, 6) is -1.04. The van der Waals surface area contributed by atoms with Crippen LogP contribution in [-0.4, -0.2) is 43.2 Å². The molecule has 0 bridgehead atoms. The van der Waals surface area contributed by atoms with Crippen LogP contribution in [0.1, 0.15) is 24.2 Å². The molecule has 0 spiro atoms. The molecule has 2 aromatic rings. The zero-order valence-electron chi connectivity index (χ0n) is 17.4. The van der Waals surface area contributed by atoms with Crippen molar-refractivity contribution in [2.45, 2.75) is 13.8 Å². The molecule has 0 saturated carbocycles. The normalized spacial score (nSPS) is 10.4. The molecule has 2 rings (SSSR count). The maximum absolute atomic E-state index is 12.7. The van der Waals surface area contributed by atoms with Gasteiger partial charge in [0.2, 0.25) is 5.91 Å². The lowest BCUT2D eigenvalue weighted by molar-refractivity contribution is -0.131. The molecular weight excluding hydrogens is 404 g/mol. The van der Waals surface area contributed by atoms with Crippen LogP contribution in [0.15, 0.2) is 48.6 Å². The number of carboxylic acids is 1. The van der Waals surface area contributed by atoms with Crippen molar-refractivity contribution in [3.8, 4) is 17.2 Å². The largest absolute Gasteiger partial charge is 0.497 e. The van der Waals surface area contributed by atoms with E-state index in [4.69, 9.17) is 19.3 Å². The summed E-state index contributed by atoms with van der Waals surface area (Å²) in [7, 11) is 1.54. The molecule has 3 N–H and O–H groups in total. The lowest BCUT2D eigenvalue weighted by atomic mass is 10.2. The van der Waals surface area contributed by atoms with Crippen LogP contribution in [0.3, 0.4) is 0 Å². The Balaban J connectivity index is 2.34. The average Bonchev–Trinajstić information content (AvgIpc) is 2.75. The van der Waals surface area contributed by atoms with Crippen LogP contribution in [0.2, 0.25) is 0 Å². The molecule has 164 valence electrons. The summed E-state index contributed by atoms with van der Waals surface area (Å²) < 4.78 is 16.3. The molecule has 9 heteroatoms. The first-order valence-corrected chi connectivity index (χ1v) is 9.48. The third-order valence-corrected chi connectivity index (χ3v) is 3.92. The molecule has 0 heterocycles. The Kier molecular flexibility index (Phi) is 8.44. The maximum Gasteiger partial charge on any atom is 0.328 e. The minimum absolute atomic E-state index is 0.271. The predicted molar refractivity (Wildman–Crippen MR) is 115 cm³/mol. The number of methoxy groups -OCH3 is 1. The van der Waals surface area contributed by atoms with Crippen LogP contribution >= 0.6 is 0 Å². The highest BCUT2D eigenvalue weighted by molar-refractivity contribution is 6.06. The minimum Gasteiger partial charge on any atom is -0.497 e. The lowest BCUT2D eigenvalue weighted by Crippen LogP contribution is -2.15. The van der Waals surface area contributed by atoms with E-state index in [0.29, 0.717) is 36.0 Å².